The topological polar surface area (TPSA) is 73.9 Å². The van der Waals surface area contributed by atoms with Gasteiger partial charge in [0.05, 0.1) is 33.0 Å². The Morgan fingerprint density at radius 1 is 1.15 bits per heavy atom. The molecule has 2 rings (SSSR count). The number of aliphatic hydroxyl groups is 1. The number of benzene rings is 1. The van der Waals surface area contributed by atoms with E-state index in [0.717, 1.165) is 19.3 Å². The van der Waals surface area contributed by atoms with Gasteiger partial charge in [0.15, 0.2) is 0 Å². The monoisotopic (exact) mass is 281 g/mol. The minimum absolute atomic E-state index is 0.269. The molecule has 0 spiro atoms. The SMILES string of the molecule is COc1cc(OC)c(C(O)C2(CN)CCC2)c(OC)c1. The van der Waals surface area contributed by atoms with E-state index in [2.05, 4.69) is 0 Å². The summed E-state index contributed by atoms with van der Waals surface area (Å²) in [5.41, 5.74) is 6.26. The van der Waals surface area contributed by atoms with Crippen molar-refractivity contribution in [1.29, 1.82) is 0 Å². The Morgan fingerprint density at radius 3 is 2.00 bits per heavy atom. The number of nitrogens with two attached hydrogens (primary N) is 1. The molecular weight excluding hydrogens is 258 g/mol. The molecule has 1 aliphatic rings. The van der Waals surface area contributed by atoms with Crippen molar-refractivity contribution in [1.82, 2.24) is 0 Å². The van der Waals surface area contributed by atoms with Crippen LogP contribution in [0.1, 0.15) is 30.9 Å². The lowest BCUT2D eigenvalue weighted by Gasteiger charge is -2.45. The van der Waals surface area contributed by atoms with E-state index >= 15 is 0 Å². The van der Waals surface area contributed by atoms with E-state index in [-0.39, 0.29) is 5.41 Å². The van der Waals surface area contributed by atoms with Gasteiger partial charge in [-0.05, 0) is 12.8 Å². The zero-order chi connectivity index (χ0) is 14.8. The third kappa shape index (κ3) is 2.31. The van der Waals surface area contributed by atoms with E-state index in [9.17, 15) is 5.11 Å². The molecule has 1 unspecified atom stereocenters. The standard InChI is InChI=1S/C15H23NO4/c1-18-10-7-11(19-2)13(12(8-10)20-3)14(17)15(9-16)5-4-6-15/h7-8,14,17H,4-6,9,16H2,1-3H3. The molecule has 0 bridgehead atoms. The summed E-state index contributed by atoms with van der Waals surface area (Å²) in [7, 11) is 4.72. The highest BCUT2D eigenvalue weighted by Gasteiger charge is 2.45. The van der Waals surface area contributed by atoms with Gasteiger partial charge in [0.25, 0.3) is 0 Å². The van der Waals surface area contributed by atoms with Crippen LogP contribution >= 0.6 is 0 Å². The molecule has 1 aromatic carbocycles. The summed E-state index contributed by atoms with van der Waals surface area (Å²) < 4.78 is 16.0. The zero-order valence-electron chi connectivity index (χ0n) is 12.3. The molecule has 3 N–H and O–H groups in total. The normalized spacial score (nSPS) is 18.1. The number of ether oxygens (including phenoxy) is 3. The Kier molecular flexibility index (Phi) is 4.40. The molecule has 0 aliphatic heterocycles. The van der Waals surface area contributed by atoms with Crippen molar-refractivity contribution < 1.29 is 19.3 Å². The molecule has 1 atom stereocenters. The van der Waals surface area contributed by atoms with E-state index in [1.807, 2.05) is 0 Å². The number of methoxy groups -OCH3 is 3. The first-order valence-corrected chi connectivity index (χ1v) is 6.80. The van der Waals surface area contributed by atoms with Crippen molar-refractivity contribution in [3.63, 3.8) is 0 Å². The van der Waals surface area contributed by atoms with Gasteiger partial charge in [-0.15, -0.1) is 0 Å². The van der Waals surface area contributed by atoms with Gasteiger partial charge in [0.2, 0.25) is 0 Å². The molecule has 112 valence electrons. The molecule has 0 aromatic heterocycles. The summed E-state index contributed by atoms with van der Waals surface area (Å²) >= 11 is 0. The molecule has 0 heterocycles. The molecular formula is C15H23NO4. The van der Waals surface area contributed by atoms with Gasteiger partial charge < -0.3 is 25.1 Å². The smallest absolute Gasteiger partial charge is 0.132 e. The third-order valence-corrected chi connectivity index (χ3v) is 4.36. The van der Waals surface area contributed by atoms with Crippen molar-refractivity contribution in [2.45, 2.75) is 25.4 Å². The van der Waals surface area contributed by atoms with E-state index in [1.54, 1.807) is 33.5 Å². The van der Waals surface area contributed by atoms with Crippen LogP contribution in [0, 0.1) is 5.41 Å². The van der Waals surface area contributed by atoms with Gasteiger partial charge in [-0.2, -0.15) is 0 Å². The van der Waals surface area contributed by atoms with E-state index in [4.69, 9.17) is 19.9 Å². The van der Waals surface area contributed by atoms with E-state index in [0.29, 0.717) is 29.4 Å². The highest BCUT2D eigenvalue weighted by Crippen LogP contribution is 2.53. The summed E-state index contributed by atoms with van der Waals surface area (Å²) in [4.78, 5) is 0. The van der Waals surface area contributed by atoms with Gasteiger partial charge in [-0.25, -0.2) is 0 Å². The fourth-order valence-electron chi connectivity index (χ4n) is 2.83. The maximum atomic E-state index is 10.8. The van der Waals surface area contributed by atoms with Gasteiger partial charge in [-0.1, -0.05) is 6.42 Å². The zero-order valence-corrected chi connectivity index (χ0v) is 12.3. The van der Waals surface area contributed by atoms with E-state index in [1.165, 1.54) is 0 Å². The van der Waals surface area contributed by atoms with Crippen LogP contribution in [0.5, 0.6) is 17.2 Å². The summed E-state index contributed by atoms with van der Waals surface area (Å²) in [5.74, 6) is 1.76. The fraction of sp³-hybridized carbons (Fsp3) is 0.600. The maximum absolute atomic E-state index is 10.8. The average molecular weight is 281 g/mol. The fourth-order valence-corrected chi connectivity index (χ4v) is 2.83. The van der Waals surface area contributed by atoms with Crippen LogP contribution < -0.4 is 19.9 Å². The first kappa shape index (κ1) is 14.9. The number of hydrogen-bond donors (Lipinski definition) is 2. The number of aliphatic hydroxyl groups excluding tert-OH is 1. The maximum Gasteiger partial charge on any atom is 0.132 e. The Balaban J connectivity index is 2.48. The Labute approximate surface area is 119 Å². The van der Waals surface area contributed by atoms with Crippen LogP contribution in [0.3, 0.4) is 0 Å². The van der Waals surface area contributed by atoms with Crippen LogP contribution in [0.2, 0.25) is 0 Å². The highest BCUT2D eigenvalue weighted by molar-refractivity contribution is 5.52. The molecule has 1 aliphatic carbocycles. The third-order valence-electron chi connectivity index (χ3n) is 4.36. The number of hydrogen-bond acceptors (Lipinski definition) is 5. The molecule has 1 aromatic rings. The van der Waals surface area contributed by atoms with Gasteiger partial charge >= 0.3 is 0 Å². The molecule has 1 saturated carbocycles. The van der Waals surface area contributed by atoms with Crippen molar-refractivity contribution in [2.75, 3.05) is 27.9 Å². The lowest BCUT2D eigenvalue weighted by Crippen LogP contribution is -2.42. The van der Waals surface area contributed by atoms with Crippen LogP contribution in [0.15, 0.2) is 12.1 Å². The highest BCUT2D eigenvalue weighted by atomic mass is 16.5. The number of rotatable bonds is 6. The quantitative estimate of drug-likeness (QED) is 0.832. The minimum Gasteiger partial charge on any atom is -0.496 e. The van der Waals surface area contributed by atoms with Crippen molar-refractivity contribution in [3.05, 3.63) is 17.7 Å². The molecule has 0 radical (unpaired) electrons. The van der Waals surface area contributed by atoms with Crippen molar-refractivity contribution >= 4 is 0 Å². The van der Waals surface area contributed by atoms with Crippen LogP contribution in [0.4, 0.5) is 0 Å². The second-order valence-electron chi connectivity index (χ2n) is 5.27. The van der Waals surface area contributed by atoms with Gasteiger partial charge in [0, 0.05) is 24.1 Å². The summed E-state index contributed by atoms with van der Waals surface area (Å²) in [6.45, 7) is 0.451. The van der Waals surface area contributed by atoms with Gasteiger partial charge in [-0.3, -0.25) is 0 Å². The lowest BCUT2D eigenvalue weighted by atomic mass is 9.63. The van der Waals surface area contributed by atoms with Crippen LogP contribution in [-0.2, 0) is 0 Å². The molecule has 5 heteroatoms. The summed E-state index contributed by atoms with van der Waals surface area (Å²) in [6.07, 6.45) is 2.23. The minimum atomic E-state index is -0.697. The Morgan fingerprint density at radius 2 is 1.70 bits per heavy atom. The molecule has 0 amide bonds. The van der Waals surface area contributed by atoms with Crippen molar-refractivity contribution in [3.8, 4) is 17.2 Å². The molecule has 1 fully saturated rings. The second kappa shape index (κ2) is 5.89. The predicted molar refractivity (Wildman–Crippen MR) is 76.4 cm³/mol. The largest absolute Gasteiger partial charge is 0.496 e. The second-order valence-corrected chi connectivity index (χ2v) is 5.27. The summed E-state index contributed by atoms with van der Waals surface area (Å²) in [6, 6.07) is 3.51. The molecule has 0 saturated heterocycles. The van der Waals surface area contributed by atoms with Crippen LogP contribution in [0.25, 0.3) is 0 Å². The average Bonchev–Trinajstić information content (AvgIpc) is 2.44. The summed E-state index contributed by atoms with van der Waals surface area (Å²) in [5, 5.41) is 10.8. The first-order valence-electron chi connectivity index (χ1n) is 6.80. The Hall–Kier alpha value is -1.46. The van der Waals surface area contributed by atoms with Crippen LogP contribution in [-0.4, -0.2) is 33.0 Å². The lowest BCUT2D eigenvalue weighted by molar-refractivity contribution is -0.0320. The Bertz CT molecular complexity index is 440. The molecule has 5 nitrogen and oxygen atoms in total. The van der Waals surface area contributed by atoms with Gasteiger partial charge in [0.1, 0.15) is 17.2 Å². The van der Waals surface area contributed by atoms with Crippen molar-refractivity contribution in [2.24, 2.45) is 11.1 Å². The first-order chi connectivity index (χ1) is 9.61. The van der Waals surface area contributed by atoms with E-state index < -0.39 is 6.10 Å². The molecule has 20 heavy (non-hydrogen) atoms. The predicted octanol–water partition coefficient (Wildman–Crippen LogP) is 1.87.